The van der Waals surface area contributed by atoms with Crippen LogP contribution in [0.5, 0.6) is 5.75 Å². The number of nitrogens with one attached hydrogen (secondary N) is 1. The van der Waals surface area contributed by atoms with Crippen LogP contribution in [-0.4, -0.2) is 36.9 Å². The van der Waals surface area contributed by atoms with Crippen molar-refractivity contribution in [3.05, 3.63) is 65.9 Å². The molecule has 5 heteroatoms. The molecule has 1 saturated heterocycles. The van der Waals surface area contributed by atoms with Gasteiger partial charge in [0.15, 0.2) is 0 Å². The topological polar surface area (TPSA) is 46.6 Å². The molecular formula is C25H31N3O2. The van der Waals surface area contributed by atoms with Gasteiger partial charge in [0.2, 0.25) is 0 Å². The number of ether oxygens (including phenoxy) is 2. The van der Waals surface area contributed by atoms with Gasteiger partial charge >= 0.3 is 0 Å². The molecule has 3 aromatic rings. The number of fused-ring (bicyclic) bond motifs is 1. The number of rotatable bonds is 7. The minimum absolute atomic E-state index is 0.233. The van der Waals surface area contributed by atoms with Crippen LogP contribution in [0.3, 0.4) is 0 Å². The second-order valence-electron chi connectivity index (χ2n) is 7.99. The summed E-state index contributed by atoms with van der Waals surface area (Å²) in [6.07, 6.45) is 2.44. The van der Waals surface area contributed by atoms with Crippen molar-refractivity contribution in [2.75, 3.05) is 24.6 Å². The van der Waals surface area contributed by atoms with Gasteiger partial charge in [-0.1, -0.05) is 36.4 Å². The van der Waals surface area contributed by atoms with Crippen LogP contribution < -0.4 is 15.0 Å². The van der Waals surface area contributed by atoms with Crippen molar-refractivity contribution < 1.29 is 9.47 Å². The summed E-state index contributed by atoms with van der Waals surface area (Å²) in [5.41, 5.74) is 2.38. The Morgan fingerprint density at radius 2 is 1.83 bits per heavy atom. The summed E-state index contributed by atoms with van der Waals surface area (Å²) in [4.78, 5) is 7.01. The fourth-order valence-electron chi connectivity index (χ4n) is 4.19. The number of hydrogen-bond acceptors (Lipinski definition) is 5. The third kappa shape index (κ3) is 4.74. The van der Waals surface area contributed by atoms with Gasteiger partial charge in [0, 0.05) is 37.9 Å². The molecule has 1 fully saturated rings. The smallest absolute Gasteiger partial charge is 0.128 e. The molecule has 0 unspecified atom stereocenters. The molecule has 0 aliphatic carbocycles. The first-order valence-corrected chi connectivity index (χ1v) is 10.8. The lowest BCUT2D eigenvalue weighted by molar-refractivity contribution is -0.00545. The number of morpholine rings is 1. The maximum atomic E-state index is 5.88. The van der Waals surface area contributed by atoms with Crippen LogP contribution >= 0.6 is 0 Å². The lowest BCUT2D eigenvalue weighted by Crippen LogP contribution is -2.45. The molecule has 0 amide bonds. The van der Waals surface area contributed by atoms with Crippen LogP contribution in [0.2, 0.25) is 0 Å². The third-order valence-corrected chi connectivity index (χ3v) is 5.48. The first-order chi connectivity index (χ1) is 14.6. The summed E-state index contributed by atoms with van der Waals surface area (Å²) in [6.45, 7) is 10.2. The first-order valence-electron chi connectivity index (χ1n) is 10.8. The quantitative estimate of drug-likeness (QED) is 0.625. The van der Waals surface area contributed by atoms with E-state index in [-0.39, 0.29) is 12.2 Å². The Morgan fingerprint density at radius 3 is 2.57 bits per heavy atom. The van der Waals surface area contributed by atoms with Gasteiger partial charge in [-0.3, -0.25) is 0 Å². The summed E-state index contributed by atoms with van der Waals surface area (Å²) in [5, 5.41) is 6.04. The molecule has 4 rings (SSSR count). The number of pyridine rings is 1. The predicted molar refractivity (Wildman–Crippen MR) is 122 cm³/mol. The third-order valence-electron chi connectivity index (χ3n) is 5.48. The zero-order chi connectivity index (χ0) is 20.9. The van der Waals surface area contributed by atoms with Crippen molar-refractivity contribution in [1.82, 2.24) is 10.3 Å². The van der Waals surface area contributed by atoms with E-state index in [0.29, 0.717) is 6.61 Å². The summed E-state index contributed by atoms with van der Waals surface area (Å²) in [5.74, 6) is 1.97. The molecule has 1 aliphatic heterocycles. The Kier molecular flexibility index (Phi) is 6.50. The van der Waals surface area contributed by atoms with E-state index in [2.05, 4.69) is 72.6 Å². The number of anilines is 1. The van der Waals surface area contributed by atoms with Gasteiger partial charge in [-0.2, -0.15) is 0 Å². The molecule has 1 aromatic heterocycles. The predicted octanol–water partition coefficient (Wildman–Crippen LogP) is 4.54. The van der Waals surface area contributed by atoms with E-state index in [1.807, 2.05) is 13.1 Å². The molecule has 5 nitrogen and oxygen atoms in total. The fraction of sp³-hybridized carbons (Fsp3) is 0.400. The highest BCUT2D eigenvalue weighted by Gasteiger charge is 2.22. The SMILES string of the molecule is CCOc1ccc2ccccc2c1CNCc1ccc(N2C[C@H](C)O[C@@H](C)C2)nc1. The second kappa shape index (κ2) is 9.45. The number of aromatic nitrogens is 1. The Morgan fingerprint density at radius 1 is 1.03 bits per heavy atom. The van der Waals surface area contributed by atoms with Crippen LogP contribution in [0.4, 0.5) is 5.82 Å². The largest absolute Gasteiger partial charge is 0.494 e. The molecule has 1 N–H and O–H groups in total. The van der Waals surface area contributed by atoms with Gasteiger partial charge in [-0.25, -0.2) is 4.98 Å². The van der Waals surface area contributed by atoms with Crippen molar-refractivity contribution in [1.29, 1.82) is 0 Å². The Labute approximate surface area is 179 Å². The maximum absolute atomic E-state index is 5.88. The summed E-state index contributed by atoms with van der Waals surface area (Å²) in [7, 11) is 0. The molecular weight excluding hydrogens is 374 g/mol. The van der Waals surface area contributed by atoms with Crippen LogP contribution in [0, 0.1) is 0 Å². The van der Waals surface area contributed by atoms with Crippen molar-refractivity contribution in [3.63, 3.8) is 0 Å². The van der Waals surface area contributed by atoms with Crippen LogP contribution in [0.25, 0.3) is 10.8 Å². The zero-order valence-electron chi connectivity index (χ0n) is 18.1. The molecule has 0 saturated carbocycles. The summed E-state index contributed by atoms with van der Waals surface area (Å²) >= 11 is 0. The fourth-order valence-corrected chi connectivity index (χ4v) is 4.19. The van der Waals surface area contributed by atoms with E-state index < -0.39 is 0 Å². The molecule has 2 heterocycles. The zero-order valence-corrected chi connectivity index (χ0v) is 18.1. The first kappa shape index (κ1) is 20.6. The average molecular weight is 406 g/mol. The van der Waals surface area contributed by atoms with E-state index in [4.69, 9.17) is 14.5 Å². The van der Waals surface area contributed by atoms with E-state index >= 15 is 0 Å². The lowest BCUT2D eigenvalue weighted by atomic mass is 10.0. The Hall–Kier alpha value is -2.63. The monoisotopic (exact) mass is 405 g/mol. The van der Waals surface area contributed by atoms with Crippen molar-refractivity contribution in [2.24, 2.45) is 0 Å². The number of nitrogens with zero attached hydrogens (tertiary/aromatic N) is 2. The second-order valence-corrected chi connectivity index (χ2v) is 7.99. The number of hydrogen-bond donors (Lipinski definition) is 1. The molecule has 2 aromatic carbocycles. The normalized spacial score (nSPS) is 19.2. The minimum Gasteiger partial charge on any atom is -0.494 e. The van der Waals surface area contributed by atoms with Crippen LogP contribution in [0.1, 0.15) is 31.9 Å². The standard InChI is InChI=1S/C25H31N3O2/c1-4-29-24-11-10-21-7-5-6-8-22(21)23(24)15-26-13-20-9-12-25(27-14-20)28-16-18(2)30-19(3)17-28/h5-12,14,18-19,26H,4,13,15-17H2,1-3H3/t18-,19-/m0/s1. The van der Waals surface area contributed by atoms with Crippen LogP contribution in [-0.2, 0) is 17.8 Å². The molecule has 0 bridgehead atoms. The average Bonchev–Trinajstić information content (AvgIpc) is 2.75. The van der Waals surface area contributed by atoms with Gasteiger partial charge in [0.05, 0.1) is 18.8 Å². The molecule has 1 aliphatic rings. The van der Waals surface area contributed by atoms with Crippen molar-refractivity contribution in [3.8, 4) is 5.75 Å². The maximum Gasteiger partial charge on any atom is 0.128 e. The van der Waals surface area contributed by atoms with Gasteiger partial charge in [0.1, 0.15) is 11.6 Å². The van der Waals surface area contributed by atoms with Crippen molar-refractivity contribution >= 4 is 16.6 Å². The molecule has 0 spiro atoms. The molecule has 158 valence electrons. The highest BCUT2D eigenvalue weighted by atomic mass is 16.5. The highest BCUT2D eigenvalue weighted by molar-refractivity contribution is 5.87. The summed E-state index contributed by atoms with van der Waals surface area (Å²) < 4.78 is 11.7. The summed E-state index contributed by atoms with van der Waals surface area (Å²) in [6, 6.07) is 16.9. The van der Waals surface area contributed by atoms with Gasteiger partial charge < -0.3 is 19.7 Å². The van der Waals surface area contributed by atoms with E-state index in [1.165, 1.54) is 21.9 Å². The van der Waals surface area contributed by atoms with E-state index in [0.717, 1.165) is 37.7 Å². The van der Waals surface area contributed by atoms with Gasteiger partial charge in [0.25, 0.3) is 0 Å². The van der Waals surface area contributed by atoms with E-state index in [1.54, 1.807) is 0 Å². The molecule has 2 atom stereocenters. The van der Waals surface area contributed by atoms with Crippen LogP contribution in [0.15, 0.2) is 54.7 Å². The number of benzene rings is 2. The van der Waals surface area contributed by atoms with E-state index in [9.17, 15) is 0 Å². The Balaban J connectivity index is 1.42. The minimum atomic E-state index is 0.233. The molecule has 30 heavy (non-hydrogen) atoms. The van der Waals surface area contributed by atoms with Gasteiger partial charge in [-0.15, -0.1) is 0 Å². The van der Waals surface area contributed by atoms with Crippen molar-refractivity contribution in [2.45, 2.75) is 46.1 Å². The van der Waals surface area contributed by atoms with Gasteiger partial charge in [-0.05, 0) is 49.2 Å². The Bertz CT molecular complexity index is 964. The lowest BCUT2D eigenvalue weighted by Gasteiger charge is -2.36. The molecule has 0 radical (unpaired) electrons. The highest BCUT2D eigenvalue weighted by Crippen LogP contribution is 2.28.